The third-order valence-electron chi connectivity index (χ3n) is 4.28. The third kappa shape index (κ3) is 4.82. The summed E-state index contributed by atoms with van der Waals surface area (Å²) in [5.41, 5.74) is 1.31. The largest absolute Gasteiger partial charge is 0.492 e. The molecule has 0 bridgehead atoms. The molecule has 0 spiro atoms. The fraction of sp³-hybridized carbons (Fsp3) is 0.316. The molecular formula is C19H22ClN3O4S. The Labute approximate surface area is 170 Å². The van der Waals surface area contributed by atoms with Crippen LogP contribution >= 0.6 is 11.6 Å². The van der Waals surface area contributed by atoms with Gasteiger partial charge in [0.05, 0.1) is 18.8 Å². The Morgan fingerprint density at radius 3 is 2.64 bits per heavy atom. The van der Waals surface area contributed by atoms with E-state index in [1.54, 1.807) is 42.5 Å². The minimum Gasteiger partial charge on any atom is -0.492 e. The van der Waals surface area contributed by atoms with Gasteiger partial charge in [0.15, 0.2) is 0 Å². The normalized spacial score (nSPS) is 16.8. The fourth-order valence-corrected chi connectivity index (χ4v) is 4.74. The average molecular weight is 424 g/mol. The van der Waals surface area contributed by atoms with Crippen molar-refractivity contribution in [3.05, 3.63) is 59.1 Å². The molecule has 1 amide bonds. The van der Waals surface area contributed by atoms with Crippen molar-refractivity contribution < 1.29 is 17.9 Å². The highest BCUT2D eigenvalue weighted by Gasteiger charge is 2.37. The average Bonchev–Trinajstić information content (AvgIpc) is 2.91. The van der Waals surface area contributed by atoms with E-state index in [2.05, 4.69) is 5.32 Å². The van der Waals surface area contributed by atoms with Gasteiger partial charge in [-0.25, -0.2) is 0 Å². The number of rotatable bonds is 7. The van der Waals surface area contributed by atoms with Gasteiger partial charge in [-0.15, -0.1) is 0 Å². The number of carbonyl (C=O) groups is 1. The molecule has 0 aromatic heterocycles. The van der Waals surface area contributed by atoms with Crippen molar-refractivity contribution in [2.75, 3.05) is 31.6 Å². The first-order valence-corrected chi connectivity index (χ1v) is 10.7. The number of anilines is 1. The van der Waals surface area contributed by atoms with E-state index in [-0.39, 0.29) is 19.6 Å². The lowest BCUT2D eigenvalue weighted by Crippen LogP contribution is -2.37. The van der Waals surface area contributed by atoms with E-state index in [1.807, 2.05) is 13.0 Å². The molecule has 1 aliphatic rings. The van der Waals surface area contributed by atoms with Crippen LogP contribution in [0.1, 0.15) is 12.5 Å². The van der Waals surface area contributed by atoms with Gasteiger partial charge in [0.25, 0.3) is 10.2 Å². The molecule has 0 aliphatic carbocycles. The van der Waals surface area contributed by atoms with Crippen LogP contribution in [0.15, 0.2) is 48.5 Å². The van der Waals surface area contributed by atoms with Gasteiger partial charge in [-0.1, -0.05) is 35.9 Å². The number of para-hydroxylation sites is 2. The maximum atomic E-state index is 12.8. The number of nitrogens with one attached hydrogen (secondary N) is 1. The van der Waals surface area contributed by atoms with E-state index in [9.17, 15) is 13.2 Å². The van der Waals surface area contributed by atoms with Gasteiger partial charge in [0.2, 0.25) is 5.91 Å². The lowest BCUT2D eigenvalue weighted by molar-refractivity contribution is -0.116. The smallest absolute Gasteiger partial charge is 0.282 e. The van der Waals surface area contributed by atoms with Crippen molar-refractivity contribution in [1.82, 2.24) is 8.61 Å². The van der Waals surface area contributed by atoms with Crippen LogP contribution in [0.3, 0.4) is 0 Å². The van der Waals surface area contributed by atoms with Gasteiger partial charge in [-0.05, 0) is 36.8 Å². The summed E-state index contributed by atoms with van der Waals surface area (Å²) in [5, 5.41) is 3.28. The van der Waals surface area contributed by atoms with E-state index in [0.717, 1.165) is 5.56 Å². The van der Waals surface area contributed by atoms with Gasteiger partial charge in [-0.3, -0.25) is 4.79 Å². The Morgan fingerprint density at radius 1 is 1.14 bits per heavy atom. The minimum atomic E-state index is -3.72. The van der Waals surface area contributed by atoms with Crippen LogP contribution in [0.5, 0.6) is 5.75 Å². The predicted octanol–water partition coefficient (Wildman–Crippen LogP) is 2.74. The van der Waals surface area contributed by atoms with Crippen LogP contribution in [0.4, 0.5) is 5.69 Å². The fourth-order valence-electron chi connectivity index (χ4n) is 2.98. The molecule has 2 aromatic rings. The molecule has 3 rings (SSSR count). The van der Waals surface area contributed by atoms with Crippen molar-refractivity contribution in [2.24, 2.45) is 0 Å². The second-order valence-electron chi connectivity index (χ2n) is 6.28. The Kier molecular flexibility index (Phi) is 6.56. The lowest BCUT2D eigenvalue weighted by atomic mass is 10.2. The van der Waals surface area contributed by atoms with E-state index in [1.165, 1.54) is 8.61 Å². The molecule has 7 nitrogen and oxygen atoms in total. The monoisotopic (exact) mass is 423 g/mol. The lowest BCUT2D eigenvalue weighted by Gasteiger charge is -2.19. The molecule has 28 heavy (non-hydrogen) atoms. The van der Waals surface area contributed by atoms with Crippen molar-refractivity contribution in [2.45, 2.75) is 13.5 Å². The Morgan fingerprint density at radius 2 is 1.89 bits per heavy atom. The molecule has 0 radical (unpaired) electrons. The number of benzene rings is 2. The summed E-state index contributed by atoms with van der Waals surface area (Å²) in [6.45, 7) is 2.85. The van der Waals surface area contributed by atoms with Crippen LogP contribution in [-0.2, 0) is 21.5 Å². The summed E-state index contributed by atoms with van der Waals surface area (Å²) in [5.74, 6) is 0.130. The van der Waals surface area contributed by atoms with Crippen LogP contribution in [0.2, 0.25) is 5.02 Å². The highest BCUT2D eigenvalue weighted by atomic mass is 35.5. The molecule has 2 aromatic carbocycles. The number of carbonyl (C=O) groups excluding carboxylic acids is 1. The number of amides is 1. The first kappa shape index (κ1) is 20.6. The molecule has 1 saturated heterocycles. The van der Waals surface area contributed by atoms with Crippen molar-refractivity contribution in [3.8, 4) is 5.75 Å². The summed E-state index contributed by atoms with van der Waals surface area (Å²) < 4.78 is 33.5. The highest BCUT2D eigenvalue weighted by Crippen LogP contribution is 2.24. The van der Waals surface area contributed by atoms with Crippen molar-refractivity contribution in [1.29, 1.82) is 0 Å². The van der Waals surface area contributed by atoms with Gasteiger partial charge in [-0.2, -0.15) is 17.0 Å². The molecule has 150 valence electrons. The van der Waals surface area contributed by atoms with E-state index >= 15 is 0 Å². The summed E-state index contributed by atoms with van der Waals surface area (Å²) in [4.78, 5) is 12.4. The SMILES string of the molecule is CCOc1ccccc1NC(=O)CN1CCN(Cc2cccc(Cl)c2)S1(=O)=O. The number of ether oxygens (including phenoxy) is 1. The Hall–Kier alpha value is -2.13. The second-order valence-corrected chi connectivity index (χ2v) is 8.65. The van der Waals surface area contributed by atoms with Crippen LogP contribution < -0.4 is 10.1 Å². The molecule has 9 heteroatoms. The first-order valence-electron chi connectivity index (χ1n) is 8.91. The van der Waals surface area contributed by atoms with Crippen molar-refractivity contribution >= 4 is 33.4 Å². The van der Waals surface area contributed by atoms with E-state index in [4.69, 9.17) is 16.3 Å². The molecule has 1 fully saturated rings. The van der Waals surface area contributed by atoms with E-state index in [0.29, 0.717) is 29.6 Å². The number of hydrogen-bond donors (Lipinski definition) is 1. The summed E-state index contributed by atoms with van der Waals surface area (Å²) in [6, 6.07) is 14.1. The molecule has 0 atom stereocenters. The third-order valence-corrected chi connectivity index (χ3v) is 6.44. The minimum absolute atomic E-state index is 0.216. The first-order chi connectivity index (χ1) is 13.4. The predicted molar refractivity (Wildman–Crippen MR) is 109 cm³/mol. The summed E-state index contributed by atoms with van der Waals surface area (Å²) in [6.07, 6.45) is 0. The molecular weight excluding hydrogens is 402 g/mol. The summed E-state index contributed by atoms with van der Waals surface area (Å²) in [7, 11) is -3.72. The molecule has 1 heterocycles. The summed E-state index contributed by atoms with van der Waals surface area (Å²) >= 11 is 5.97. The zero-order valence-corrected chi connectivity index (χ0v) is 17.0. The maximum absolute atomic E-state index is 12.8. The van der Waals surface area contributed by atoms with Crippen LogP contribution in [0, 0.1) is 0 Å². The van der Waals surface area contributed by atoms with Gasteiger partial charge in [0, 0.05) is 24.7 Å². The second kappa shape index (κ2) is 8.91. The van der Waals surface area contributed by atoms with E-state index < -0.39 is 16.1 Å². The number of halogens is 1. The Bertz CT molecular complexity index is 952. The Balaban J connectivity index is 1.64. The van der Waals surface area contributed by atoms with Gasteiger partial charge < -0.3 is 10.1 Å². The molecule has 1 aliphatic heterocycles. The quantitative estimate of drug-likeness (QED) is 0.742. The molecule has 0 unspecified atom stereocenters. The van der Waals surface area contributed by atoms with Gasteiger partial charge >= 0.3 is 0 Å². The standard InChI is InChI=1S/C19H22ClN3O4S/c1-2-27-18-9-4-3-8-17(18)21-19(24)14-23-11-10-22(28(23,25)26)13-15-6-5-7-16(20)12-15/h3-9,12H,2,10-11,13-14H2,1H3,(H,21,24). The number of hydrogen-bond acceptors (Lipinski definition) is 4. The highest BCUT2D eigenvalue weighted by molar-refractivity contribution is 7.87. The zero-order valence-electron chi connectivity index (χ0n) is 15.5. The number of nitrogens with zero attached hydrogens (tertiary/aromatic N) is 2. The van der Waals surface area contributed by atoms with Gasteiger partial charge in [0.1, 0.15) is 5.75 Å². The van der Waals surface area contributed by atoms with Crippen LogP contribution in [0.25, 0.3) is 0 Å². The topological polar surface area (TPSA) is 79.0 Å². The maximum Gasteiger partial charge on any atom is 0.282 e. The van der Waals surface area contributed by atoms with Crippen molar-refractivity contribution in [3.63, 3.8) is 0 Å². The molecule has 1 N–H and O–H groups in total. The molecule has 0 saturated carbocycles. The van der Waals surface area contributed by atoms with Crippen LogP contribution in [-0.4, -0.2) is 49.2 Å². The zero-order chi connectivity index (χ0) is 20.1.